The number of methoxy groups -OCH3 is 1. The van der Waals surface area contributed by atoms with Crippen molar-refractivity contribution in [3.63, 3.8) is 0 Å². The molecule has 0 spiro atoms. The Morgan fingerprint density at radius 3 is 2.75 bits per heavy atom. The molecule has 0 radical (unpaired) electrons. The van der Waals surface area contributed by atoms with E-state index in [2.05, 4.69) is 11.4 Å². The quantitative estimate of drug-likeness (QED) is 0.481. The van der Waals surface area contributed by atoms with E-state index < -0.39 is 0 Å². The van der Waals surface area contributed by atoms with E-state index in [4.69, 9.17) is 10.00 Å². The van der Waals surface area contributed by atoms with E-state index in [0.29, 0.717) is 13.2 Å². The maximum absolute atomic E-state index is 11.5. The van der Waals surface area contributed by atoms with Crippen LogP contribution in [0.5, 0.6) is 0 Å². The fraction of sp³-hybridized carbons (Fsp3) is 0.818. The molecule has 0 aliphatic rings. The van der Waals surface area contributed by atoms with Gasteiger partial charge in [-0.15, -0.1) is 0 Å². The molecule has 0 aromatic heterocycles. The molecule has 0 aliphatic heterocycles. The maximum atomic E-state index is 11.5. The lowest BCUT2D eigenvalue weighted by atomic mass is 10.3. The number of carbonyl (C=O) groups is 1. The first-order chi connectivity index (χ1) is 7.61. The van der Waals surface area contributed by atoms with Crippen molar-refractivity contribution in [3.8, 4) is 6.07 Å². The van der Waals surface area contributed by atoms with Gasteiger partial charge in [0.2, 0.25) is 5.91 Å². The summed E-state index contributed by atoms with van der Waals surface area (Å²) >= 11 is 0. The average Bonchev–Trinajstić information content (AvgIpc) is 2.23. The summed E-state index contributed by atoms with van der Waals surface area (Å²) < 4.78 is 4.88. The van der Waals surface area contributed by atoms with E-state index in [1.807, 2.05) is 18.7 Å². The molecule has 0 rings (SSSR count). The Hall–Kier alpha value is -1.12. The molecule has 1 N–H and O–H groups in total. The first-order valence-electron chi connectivity index (χ1n) is 5.48. The predicted octanol–water partition coefficient (Wildman–Crippen LogP) is 0.373. The maximum Gasteiger partial charge on any atom is 0.234 e. The molecule has 0 heterocycles. The largest absolute Gasteiger partial charge is 0.385 e. The normalized spacial score (nSPS) is 10.5. The second kappa shape index (κ2) is 9.13. The van der Waals surface area contributed by atoms with Crippen LogP contribution in [0.25, 0.3) is 0 Å². The number of nitrogens with zero attached hydrogens (tertiary/aromatic N) is 2. The van der Waals surface area contributed by atoms with Gasteiger partial charge >= 0.3 is 0 Å². The number of carbonyl (C=O) groups excluding carboxylic acids is 1. The Labute approximate surface area is 97.4 Å². The van der Waals surface area contributed by atoms with Gasteiger partial charge in [-0.2, -0.15) is 5.26 Å². The van der Waals surface area contributed by atoms with Crippen LogP contribution in [0, 0.1) is 11.3 Å². The van der Waals surface area contributed by atoms with Crippen LogP contribution in [0.3, 0.4) is 0 Å². The number of rotatable bonds is 8. The Kier molecular flexibility index (Phi) is 8.49. The van der Waals surface area contributed by atoms with Crippen LogP contribution in [0.2, 0.25) is 0 Å². The van der Waals surface area contributed by atoms with Crippen molar-refractivity contribution < 1.29 is 9.53 Å². The zero-order valence-electron chi connectivity index (χ0n) is 10.3. The van der Waals surface area contributed by atoms with Crippen molar-refractivity contribution >= 4 is 5.91 Å². The second-order valence-electron chi connectivity index (χ2n) is 3.85. The smallest absolute Gasteiger partial charge is 0.234 e. The van der Waals surface area contributed by atoms with Gasteiger partial charge in [0.1, 0.15) is 0 Å². The standard InChI is InChI=1S/C11H21N3O2/c1-10(2)14(7-5-12)9-11(15)13-6-4-8-16-3/h10H,4,6-9H2,1-3H3,(H,13,15). The van der Waals surface area contributed by atoms with Gasteiger partial charge in [-0.3, -0.25) is 9.69 Å². The van der Waals surface area contributed by atoms with Crippen molar-refractivity contribution in [2.24, 2.45) is 0 Å². The van der Waals surface area contributed by atoms with Crippen molar-refractivity contribution in [2.75, 3.05) is 33.4 Å². The number of ether oxygens (including phenoxy) is 1. The summed E-state index contributed by atoms with van der Waals surface area (Å²) in [5, 5.41) is 11.4. The molecular weight excluding hydrogens is 206 g/mol. The Balaban J connectivity index is 3.78. The number of nitrogens with one attached hydrogen (secondary N) is 1. The molecule has 0 bridgehead atoms. The summed E-state index contributed by atoms with van der Waals surface area (Å²) in [6, 6.07) is 2.26. The lowest BCUT2D eigenvalue weighted by molar-refractivity contribution is -0.122. The zero-order chi connectivity index (χ0) is 12.4. The van der Waals surface area contributed by atoms with Crippen LogP contribution < -0.4 is 5.32 Å². The van der Waals surface area contributed by atoms with E-state index in [0.717, 1.165) is 6.42 Å². The third-order valence-electron chi connectivity index (χ3n) is 2.20. The minimum absolute atomic E-state index is 0.0416. The van der Waals surface area contributed by atoms with Gasteiger partial charge in [0.25, 0.3) is 0 Å². The summed E-state index contributed by atoms with van der Waals surface area (Å²) in [6.45, 7) is 5.75. The number of amides is 1. The summed E-state index contributed by atoms with van der Waals surface area (Å²) in [4.78, 5) is 13.3. The van der Waals surface area contributed by atoms with E-state index in [1.54, 1.807) is 7.11 Å². The van der Waals surface area contributed by atoms with Crippen LogP contribution in [0.1, 0.15) is 20.3 Å². The van der Waals surface area contributed by atoms with Crippen LogP contribution >= 0.6 is 0 Å². The monoisotopic (exact) mass is 227 g/mol. The summed E-state index contributed by atoms with van der Waals surface area (Å²) in [5.41, 5.74) is 0. The molecule has 1 amide bonds. The van der Waals surface area contributed by atoms with Crippen LogP contribution in [-0.4, -0.2) is 50.2 Å². The molecule has 5 heteroatoms. The second-order valence-corrected chi connectivity index (χ2v) is 3.85. The van der Waals surface area contributed by atoms with Crippen molar-refractivity contribution in [3.05, 3.63) is 0 Å². The minimum Gasteiger partial charge on any atom is -0.385 e. The molecule has 0 aromatic rings. The number of nitriles is 1. The van der Waals surface area contributed by atoms with Gasteiger partial charge in [0, 0.05) is 26.3 Å². The predicted molar refractivity (Wildman–Crippen MR) is 61.8 cm³/mol. The first kappa shape index (κ1) is 14.9. The highest BCUT2D eigenvalue weighted by Gasteiger charge is 2.12. The SMILES string of the molecule is COCCCNC(=O)CN(CC#N)C(C)C. The van der Waals surface area contributed by atoms with Crippen LogP contribution in [-0.2, 0) is 9.53 Å². The van der Waals surface area contributed by atoms with E-state index in [-0.39, 0.29) is 25.0 Å². The molecular formula is C11H21N3O2. The third-order valence-corrected chi connectivity index (χ3v) is 2.20. The minimum atomic E-state index is -0.0416. The number of hydrogen-bond acceptors (Lipinski definition) is 4. The van der Waals surface area contributed by atoms with Gasteiger partial charge < -0.3 is 10.1 Å². The van der Waals surface area contributed by atoms with Crippen molar-refractivity contribution in [1.82, 2.24) is 10.2 Å². The molecule has 0 aromatic carbocycles. The topological polar surface area (TPSA) is 65.4 Å². The number of hydrogen-bond donors (Lipinski definition) is 1. The Morgan fingerprint density at radius 2 is 2.25 bits per heavy atom. The van der Waals surface area contributed by atoms with Gasteiger partial charge in [0.15, 0.2) is 0 Å². The first-order valence-corrected chi connectivity index (χ1v) is 5.48. The average molecular weight is 227 g/mol. The van der Waals surface area contributed by atoms with Crippen molar-refractivity contribution in [2.45, 2.75) is 26.3 Å². The zero-order valence-corrected chi connectivity index (χ0v) is 10.3. The molecule has 16 heavy (non-hydrogen) atoms. The van der Waals surface area contributed by atoms with Gasteiger partial charge in [0.05, 0.1) is 19.2 Å². The lowest BCUT2D eigenvalue weighted by Gasteiger charge is -2.22. The highest BCUT2D eigenvalue weighted by atomic mass is 16.5. The van der Waals surface area contributed by atoms with Gasteiger partial charge in [-0.05, 0) is 20.3 Å². The third kappa shape index (κ3) is 7.21. The van der Waals surface area contributed by atoms with Crippen molar-refractivity contribution in [1.29, 1.82) is 5.26 Å². The Bertz CT molecular complexity index is 236. The molecule has 0 atom stereocenters. The fourth-order valence-corrected chi connectivity index (χ4v) is 1.20. The molecule has 0 unspecified atom stereocenters. The van der Waals surface area contributed by atoms with Gasteiger partial charge in [-0.1, -0.05) is 0 Å². The lowest BCUT2D eigenvalue weighted by Crippen LogP contribution is -2.41. The highest BCUT2D eigenvalue weighted by Crippen LogP contribution is 1.96. The Morgan fingerprint density at radius 1 is 1.56 bits per heavy atom. The summed E-state index contributed by atoms with van der Waals surface area (Å²) in [5.74, 6) is -0.0416. The molecule has 0 fully saturated rings. The van der Waals surface area contributed by atoms with Gasteiger partial charge in [-0.25, -0.2) is 0 Å². The molecule has 5 nitrogen and oxygen atoms in total. The fourth-order valence-electron chi connectivity index (χ4n) is 1.20. The van der Waals surface area contributed by atoms with E-state index in [1.165, 1.54) is 0 Å². The molecule has 0 aliphatic carbocycles. The molecule has 0 saturated carbocycles. The summed E-state index contributed by atoms with van der Waals surface area (Å²) in [7, 11) is 1.63. The molecule has 92 valence electrons. The van der Waals surface area contributed by atoms with E-state index >= 15 is 0 Å². The molecule has 0 saturated heterocycles. The van der Waals surface area contributed by atoms with Crippen LogP contribution in [0.15, 0.2) is 0 Å². The highest BCUT2D eigenvalue weighted by molar-refractivity contribution is 5.78. The summed E-state index contributed by atoms with van der Waals surface area (Å²) in [6.07, 6.45) is 0.808. The van der Waals surface area contributed by atoms with E-state index in [9.17, 15) is 4.79 Å². The van der Waals surface area contributed by atoms with Crippen LogP contribution in [0.4, 0.5) is 0 Å².